The van der Waals surface area contributed by atoms with Gasteiger partial charge in [0, 0.05) is 30.9 Å². The van der Waals surface area contributed by atoms with E-state index < -0.39 is 0 Å². The Kier molecular flexibility index (Phi) is 5.58. The average molecular weight is 353 g/mol. The summed E-state index contributed by atoms with van der Waals surface area (Å²) in [5.74, 6) is 0.249. The molecule has 0 radical (unpaired) electrons. The van der Waals surface area contributed by atoms with Gasteiger partial charge in [0.25, 0.3) is 5.91 Å². The first-order valence-electron chi connectivity index (χ1n) is 8.83. The molecule has 0 saturated carbocycles. The number of benzene rings is 1. The molecule has 136 valence electrons. The highest BCUT2D eigenvalue weighted by molar-refractivity contribution is 6.02. The zero-order valence-electron chi connectivity index (χ0n) is 15.0. The zero-order valence-corrected chi connectivity index (χ0v) is 15.0. The largest absolute Gasteiger partial charge is 0.350 e. The molecule has 0 unspecified atom stereocenters. The molecule has 2 N–H and O–H groups in total. The molecular weight excluding hydrogens is 330 g/mol. The van der Waals surface area contributed by atoms with Gasteiger partial charge < -0.3 is 10.6 Å². The third-order valence-corrected chi connectivity index (χ3v) is 4.52. The van der Waals surface area contributed by atoms with Crippen LogP contribution in [0.2, 0.25) is 0 Å². The lowest BCUT2D eigenvalue weighted by Gasteiger charge is -2.31. The number of anilines is 2. The van der Waals surface area contributed by atoms with Crippen molar-refractivity contribution >= 4 is 23.3 Å². The summed E-state index contributed by atoms with van der Waals surface area (Å²) in [5, 5.41) is 14.0. The van der Waals surface area contributed by atoms with Crippen LogP contribution in [0.4, 0.5) is 11.5 Å². The molecule has 2 aromatic rings. The summed E-state index contributed by atoms with van der Waals surface area (Å²) in [5.41, 5.74) is 1.23. The third-order valence-electron chi connectivity index (χ3n) is 4.52. The van der Waals surface area contributed by atoms with Crippen LogP contribution in [0.3, 0.4) is 0 Å². The molecule has 2 amide bonds. The van der Waals surface area contributed by atoms with Crippen LogP contribution in [0.25, 0.3) is 0 Å². The molecule has 1 fully saturated rings. The lowest BCUT2D eigenvalue weighted by molar-refractivity contribution is -0.123. The highest BCUT2D eigenvalue weighted by atomic mass is 16.2. The van der Waals surface area contributed by atoms with Crippen LogP contribution in [-0.4, -0.2) is 41.1 Å². The second-order valence-electron chi connectivity index (χ2n) is 6.44. The van der Waals surface area contributed by atoms with Gasteiger partial charge in [-0.25, -0.2) is 0 Å². The molecule has 2 heterocycles. The summed E-state index contributed by atoms with van der Waals surface area (Å²) in [6.07, 6.45) is 2.44. The first-order valence-corrected chi connectivity index (χ1v) is 8.83. The number of hydrogen-bond donors (Lipinski definition) is 2. The Labute approximate surface area is 152 Å². The highest BCUT2D eigenvalue weighted by Crippen LogP contribution is 2.26. The molecular formula is C19H23N5O2. The maximum absolute atomic E-state index is 12.9. The molecule has 0 aliphatic carbocycles. The van der Waals surface area contributed by atoms with E-state index in [0.29, 0.717) is 30.2 Å². The Hall–Kier alpha value is -2.80. The monoisotopic (exact) mass is 353 g/mol. The molecule has 1 aromatic carbocycles. The molecule has 1 aliphatic heterocycles. The second-order valence-corrected chi connectivity index (χ2v) is 6.44. The topological polar surface area (TPSA) is 87.2 Å². The van der Waals surface area contributed by atoms with Crippen LogP contribution < -0.4 is 15.5 Å². The SMILES string of the molecule is CC[C@H](C)NC(=O)c1ccc(N(C(=O)C2CNC2)c2cccnn2)cc1. The minimum absolute atomic E-state index is 0.0268. The van der Waals surface area contributed by atoms with Gasteiger partial charge in [-0.05, 0) is 49.7 Å². The van der Waals surface area contributed by atoms with Gasteiger partial charge in [0.15, 0.2) is 5.82 Å². The normalized spacial score (nSPS) is 15.0. The Morgan fingerprint density at radius 1 is 1.27 bits per heavy atom. The summed E-state index contributed by atoms with van der Waals surface area (Å²) in [4.78, 5) is 26.7. The zero-order chi connectivity index (χ0) is 18.5. The van der Waals surface area contributed by atoms with Crippen molar-refractivity contribution in [1.29, 1.82) is 0 Å². The van der Waals surface area contributed by atoms with Crippen molar-refractivity contribution in [3.05, 3.63) is 48.2 Å². The molecule has 3 rings (SSSR count). The van der Waals surface area contributed by atoms with Crippen molar-refractivity contribution in [1.82, 2.24) is 20.8 Å². The average Bonchev–Trinajstić information content (AvgIpc) is 2.61. The summed E-state index contributed by atoms with van der Waals surface area (Å²) < 4.78 is 0. The van der Waals surface area contributed by atoms with E-state index in [2.05, 4.69) is 20.8 Å². The van der Waals surface area contributed by atoms with Gasteiger partial charge in [0.1, 0.15) is 0 Å². The number of nitrogens with one attached hydrogen (secondary N) is 2. The first kappa shape index (κ1) is 18.0. The summed E-state index contributed by atoms with van der Waals surface area (Å²) in [7, 11) is 0. The van der Waals surface area contributed by atoms with Crippen LogP contribution in [0.15, 0.2) is 42.6 Å². The number of aromatic nitrogens is 2. The predicted octanol–water partition coefficient (Wildman–Crippen LogP) is 1.89. The number of nitrogens with zero attached hydrogens (tertiary/aromatic N) is 3. The van der Waals surface area contributed by atoms with Gasteiger partial charge in [0.2, 0.25) is 5.91 Å². The minimum Gasteiger partial charge on any atom is -0.350 e. The van der Waals surface area contributed by atoms with E-state index in [4.69, 9.17) is 0 Å². The fourth-order valence-electron chi connectivity index (χ4n) is 2.60. The summed E-state index contributed by atoms with van der Waals surface area (Å²) in [6, 6.07) is 10.6. The second kappa shape index (κ2) is 8.05. The lowest BCUT2D eigenvalue weighted by Crippen LogP contribution is -2.51. The smallest absolute Gasteiger partial charge is 0.251 e. The van der Waals surface area contributed by atoms with E-state index in [0.717, 1.165) is 6.42 Å². The number of carbonyl (C=O) groups is 2. The fourth-order valence-corrected chi connectivity index (χ4v) is 2.60. The Morgan fingerprint density at radius 3 is 2.54 bits per heavy atom. The summed E-state index contributed by atoms with van der Waals surface area (Å²) in [6.45, 7) is 5.30. The van der Waals surface area contributed by atoms with E-state index >= 15 is 0 Å². The van der Waals surface area contributed by atoms with Gasteiger partial charge in [-0.2, -0.15) is 5.10 Å². The molecule has 7 heteroatoms. The molecule has 1 saturated heterocycles. The van der Waals surface area contributed by atoms with E-state index in [1.807, 2.05) is 13.8 Å². The van der Waals surface area contributed by atoms with Crippen molar-refractivity contribution in [2.24, 2.45) is 5.92 Å². The van der Waals surface area contributed by atoms with Gasteiger partial charge in [-0.3, -0.25) is 14.5 Å². The molecule has 7 nitrogen and oxygen atoms in total. The van der Waals surface area contributed by atoms with Gasteiger partial charge in [0.05, 0.1) is 11.6 Å². The number of carbonyl (C=O) groups excluding carboxylic acids is 2. The quantitative estimate of drug-likeness (QED) is 0.828. The van der Waals surface area contributed by atoms with Crippen LogP contribution in [0, 0.1) is 5.92 Å². The van der Waals surface area contributed by atoms with Gasteiger partial charge >= 0.3 is 0 Å². The van der Waals surface area contributed by atoms with Crippen molar-refractivity contribution in [3.63, 3.8) is 0 Å². The van der Waals surface area contributed by atoms with Crippen LogP contribution >= 0.6 is 0 Å². The van der Waals surface area contributed by atoms with Crippen molar-refractivity contribution in [2.45, 2.75) is 26.3 Å². The number of hydrogen-bond acceptors (Lipinski definition) is 5. The Morgan fingerprint density at radius 2 is 2.00 bits per heavy atom. The molecule has 26 heavy (non-hydrogen) atoms. The van der Waals surface area contributed by atoms with E-state index in [9.17, 15) is 9.59 Å². The van der Waals surface area contributed by atoms with Crippen molar-refractivity contribution < 1.29 is 9.59 Å². The maximum Gasteiger partial charge on any atom is 0.251 e. The predicted molar refractivity (Wildman–Crippen MR) is 99.2 cm³/mol. The van der Waals surface area contributed by atoms with Crippen molar-refractivity contribution in [2.75, 3.05) is 18.0 Å². The summed E-state index contributed by atoms with van der Waals surface area (Å²) >= 11 is 0. The highest BCUT2D eigenvalue weighted by Gasteiger charge is 2.31. The van der Waals surface area contributed by atoms with E-state index in [-0.39, 0.29) is 23.8 Å². The molecule has 1 atom stereocenters. The molecule has 0 spiro atoms. The van der Waals surface area contributed by atoms with Crippen LogP contribution in [0.1, 0.15) is 30.6 Å². The van der Waals surface area contributed by atoms with Crippen LogP contribution in [-0.2, 0) is 4.79 Å². The van der Waals surface area contributed by atoms with Gasteiger partial charge in [-0.15, -0.1) is 5.10 Å². The first-order chi connectivity index (χ1) is 12.6. The Bertz CT molecular complexity index is 759. The molecule has 1 aliphatic rings. The standard InChI is InChI=1S/C19H23N5O2/c1-3-13(2)22-18(25)14-6-8-16(9-7-14)24(17-5-4-10-21-23-17)19(26)15-11-20-12-15/h4-10,13,15,20H,3,11-12H2,1-2H3,(H,22,25)/t13-/m0/s1. The minimum atomic E-state index is -0.119. The van der Waals surface area contributed by atoms with Crippen LogP contribution in [0.5, 0.6) is 0 Å². The third kappa shape index (κ3) is 3.88. The van der Waals surface area contributed by atoms with Crippen molar-refractivity contribution in [3.8, 4) is 0 Å². The fraction of sp³-hybridized carbons (Fsp3) is 0.368. The lowest BCUT2D eigenvalue weighted by atomic mass is 10.0. The van der Waals surface area contributed by atoms with E-state index in [1.54, 1.807) is 47.5 Å². The van der Waals surface area contributed by atoms with E-state index in [1.165, 1.54) is 0 Å². The van der Waals surface area contributed by atoms with Gasteiger partial charge in [-0.1, -0.05) is 6.92 Å². The Balaban J connectivity index is 1.85. The molecule has 0 bridgehead atoms. The maximum atomic E-state index is 12.9. The number of amides is 2. The molecule has 1 aromatic heterocycles. The number of rotatable bonds is 6.